The second-order valence-corrected chi connectivity index (χ2v) is 6.56. The molecule has 5 nitrogen and oxygen atoms in total. The van der Waals surface area contributed by atoms with Crippen LogP contribution in [0.4, 0.5) is 0 Å². The van der Waals surface area contributed by atoms with Crippen molar-refractivity contribution in [3.63, 3.8) is 0 Å². The number of carboxylic acid groups (broad SMARTS) is 1. The van der Waals surface area contributed by atoms with E-state index in [0.29, 0.717) is 6.42 Å². The number of hydrogen-bond acceptors (Lipinski definition) is 2. The van der Waals surface area contributed by atoms with E-state index in [9.17, 15) is 19.1 Å². The number of carboxylic acids is 1. The van der Waals surface area contributed by atoms with Gasteiger partial charge in [0.2, 0.25) is 0 Å². The Hall–Kier alpha value is -0.380. The molecule has 0 aromatic heterocycles. The van der Waals surface area contributed by atoms with Crippen LogP contribution in [0.5, 0.6) is 0 Å². The molecule has 0 aliphatic carbocycles. The highest BCUT2D eigenvalue weighted by Gasteiger charge is 2.60. The Labute approximate surface area is 89.7 Å². The second-order valence-electron chi connectivity index (χ2n) is 4.71. The molecule has 0 aliphatic heterocycles. The maximum Gasteiger partial charge on any atom is 0.343 e. The third-order valence-corrected chi connectivity index (χ3v) is 4.78. The summed E-state index contributed by atoms with van der Waals surface area (Å²) in [4.78, 5) is 29.8. The van der Waals surface area contributed by atoms with Crippen LogP contribution < -0.4 is 0 Å². The second kappa shape index (κ2) is 4.24. The molecular formula is C9H19O5P. The van der Waals surface area contributed by atoms with Gasteiger partial charge in [0.25, 0.3) is 0 Å². The van der Waals surface area contributed by atoms with Gasteiger partial charge in [0.15, 0.2) is 5.16 Å². The molecule has 1 unspecified atom stereocenters. The molecular weight excluding hydrogens is 219 g/mol. The third kappa shape index (κ3) is 2.41. The van der Waals surface area contributed by atoms with Crippen molar-refractivity contribution >= 4 is 13.6 Å². The van der Waals surface area contributed by atoms with E-state index in [1.165, 1.54) is 20.8 Å². The van der Waals surface area contributed by atoms with Crippen LogP contribution in [0.25, 0.3) is 0 Å². The van der Waals surface area contributed by atoms with Crippen LogP contribution in [0.3, 0.4) is 0 Å². The van der Waals surface area contributed by atoms with Crippen molar-refractivity contribution in [2.75, 3.05) is 0 Å². The van der Waals surface area contributed by atoms with Gasteiger partial charge < -0.3 is 14.9 Å². The highest BCUT2D eigenvalue weighted by Crippen LogP contribution is 2.61. The summed E-state index contributed by atoms with van der Waals surface area (Å²) >= 11 is 0. The largest absolute Gasteiger partial charge is 0.480 e. The van der Waals surface area contributed by atoms with Gasteiger partial charge in [0.05, 0.1) is 0 Å². The Morgan fingerprint density at radius 3 is 1.73 bits per heavy atom. The van der Waals surface area contributed by atoms with Crippen molar-refractivity contribution in [2.24, 2.45) is 5.41 Å². The first-order chi connectivity index (χ1) is 6.50. The van der Waals surface area contributed by atoms with Crippen LogP contribution in [-0.2, 0) is 9.36 Å². The maximum atomic E-state index is 11.4. The SMILES string of the molecule is CCCC(C(=O)O)(C(C)(C)C)P(=O)(O)O. The van der Waals surface area contributed by atoms with Crippen molar-refractivity contribution < 1.29 is 24.3 Å². The van der Waals surface area contributed by atoms with Gasteiger partial charge in [-0.1, -0.05) is 34.1 Å². The van der Waals surface area contributed by atoms with E-state index in [1.807, 2.05) is 0 Å². The topological polar surface area (TPSA) is 94.8 Å². The van der Waals surface area contributed by atoms with Gasteiger partial charge in [-0.05, 0) is 11.8 Å². The lowest BCUT2D eigenvalue weighted by atomic mass is 9.77. The van der Waals surface area contributed by atoms with Crippen LogP contribution >= 0.6 is 7.60 Å². The lowest BCUT2D eigenvalue weighted by Crippen LogP contribution is -2.49. The molecule has 0 spiro atoms. The average molecular weight is 238 g/mol. The third-order valence-electron chi connectivity index (χ3n) is 2.70. The number of hydrogen-bond donors (Lipinski definition) is 3. The number of aliphatic carboxylic acids is 1. The smallest absolute Gasteiger partial charge is 0.343 e. The van der Waals surface area contributed by atoms with E-state index in [1.54, 1.807) is 6.92 Å². The minimum absolute atomic E-state index is 0.0316. The Morgan fingerprint density at radius 1 is 1.27 bits per heavy atom. The van der Waals surface area contributed by atoms with Gasteiger partial charge in [-0.3, -0.25) is 9.36 Å². The normalized spacial score (nSPS) is 17.2. The molecule has 0 aliphatic rings. The summed E-state index contributed by atoms with van der Waals surface area (Å²) in [6.45, 7) is 6.32. The Kier molecular flexibility index (Phi) is 4.13. The highest BCUT2D eigenvalue weighted by molar-refractivity contribution is 7.54. The van der Waals surface area contributed by atoms with Crippen molar-refractivity contribution in [3.05, 3.63) is 0 Å². The summed E-state index contributed by atoms with van der Waals surface area (Å²) in [6, 6.07) is 0. The number of carbonyl (C=O) groups is 1. The van der Waals surface area contributed by atoms with Crippen molar-refractivity contribution in [2.45, 2.75) is 45.7 Å². The molecule has 90 valence electrons. The summed E-state index contributed by atoms with van der Waals surface area (Å²) in [5.41, 5.74) is -0.992. The molecule has 6 heteroatoms. The van der Waals surface area contributed by atoms with E-state index < -0.39 is 24.1 Å². The summed E-state index contributed by atoms with van der Waals surface area (Å²) in [6.07, 6.45) is 0.380. The van der Waals surface area contributed by atoms with Gasteiger partial charge >= 0.3 is 13.6 Å². The van der Waals surface area contributed by atoms with Gasteiger partial charge in [-0.2, -0.15) is 0 Å². The van der Waals surface area contributed by atoms with Crippen molar-refractivity contribution in [3.8, 4) is 0 Å². The molecule has 0 saturated carbocycles. The molecule has 3 N–H and O–H groups in total. The summed E-state index contributed by atoms with van der Waals surface area (Å²) < 4.78 is 11.4. The molecule has 0 aromatic carbocycles. The Bertz CT molecular complexity index is 287. The fraction of sp³-hybridized carbons (Fsp3) is 0.889. The lowest BCUT2D eigenvalue weighted by Gasteiger charge is -2.40. The molecule has 0 aromatic rings. The molecule has 0 amide bonds. The van der Waals surface area contributed by atoms with E-state index in [2.05, 4.69) is 0 Å². The van der Waals surface area contributed by atoms with Crippen LogP contribution in [0.2, 0.25) is 0 Å². The van der Waals surface area contributed by atoms with Gasteiger partial charge in [0.1, 0.15) is 0 Å². The minimum Gasteiger partial charge on any atom is -0.480 e. The summed E-state index contributed by atoms with van der Waals surface area (Å²) in [5, 5.41) is 7.14. The molecule has 0 bridgehead atoms. The van der Waals surface area contributed by atoms with Crippen LogP contribution in [0.15, 0.2) is 0 Å². The van der Waals surface area contributed by atoms with E-state index in [-0.39, 0.29) is 6.42 Å². The zero-order valence-electron chi connectivity index (χ0n) is 9.52. The number of rotatable bonds is 4. The molecule has 15 heavy (non-hydrogen) atoms. The van der Waals surface area contributed by atoms with E-state index in [0.717, 1.165) is 0 Å². The molecule has 0 heterocycles. The summed E-state index contributed by atoms with van der Waals surface area (Å²) in [5.74, 6) is -1.43. The first kappa shape index (κ1) is 14.6. The van der Waals surface area contributed by atoms with E-state index >= 15 is 0 Å². The van der Waals surface area contributed by atoms with Gasteiger partial charge in [-0.15, -0.1) is 0 Å². The van der Waals surface area contributed by atoms with Crippen LogP contribution in [0, 0.1) is 5.41 Å². The highest BCUT2D eigenvalue weighted by atomic mass is 31.2. The van der Waals surface area contributed by atoms with Crippen molar-refractivity contribution in [1.82, 2.24) is 0 Å². The van der Waals surface area contributed by atoms with E-state index in [4.69, 9.17) is 5.11 Å². The predicted octanol–water partition coefficient (Wildman–Crippen LogP) is 1.83. The molecule has 0 rings (SSSR count). The average Bonchev–Trinajstić information content (AvgIpc) is 1.93. The zero-order chi connectivity index (χ0) is 12.5. The fourth-order valence-corrected chi connectivity index (χ4v) is 3.51. The first-order valence-electron chi connectivity index (χ1n) is 4.79. The minimum atomic E-state index is -4.70. The zero-order valence-corrected chi connectivity index (χ0v) is 10.4. The summed E-state index contributed by atoms with van der Waals surface area (Å²) in [7, 11) is -4.70. The Balaban J connectivity index is 5.72. The monoisotopic (exact) mass is 238 g/mol. The molecule has 0 fully saturated rings. The lowest BCUT2D eigenvalue weighted by molar-refractivity contribution is -0.144. The Morgan fingerprint density at radius 2 is 1.67 bits per heavy atom. The molecule has 0 saturated heterocycles. The molecule has 0 radical (unpaired) electrons. The maximum absolute atomic E-state index is 11.4. The van der Waals surface area contributed by atoms with Gasteiger partial charge in [-0.25, -0.2) is 0 Å². The fourth-order valence-electron chi connectivity index (χ4n) is 1.87. The first-order valence-corrected chi connectivity index (χ1v) is 6.41. The van der Waals surface area contributed by atoms with Crippen LogP contribution in [-0.4, -0.2) is 26.0 Å². The quantitative estimate of drug-likeness (QED) is 0.649. The van der Waals surface area contributed by atoms with Crippen LogP contribution in [0.1, 0.15) is 40.5 Å². The standard InChI is InChI=1S/C9H19O5P/c1-5-6-9(7(10)11,8(2,3)4)15(12,13)14/h5-6H2,1-4H3,(H,10,11)(H2,12,13,14). The predicted molar refractivity (Wildman–Crippen MR) is 56.8 cm³/mol. The molecule has 1 atom stereocenters. The van der Waals surface area contributed by atoms with Crippen molar-refractivity contribution in [1.29, 1.82) is 0 Å². The van der Waals surface area contributed by atoms with Gasteiger partial charge in [0, 0.05) is 0 Å².